The smallest absolute Gasteiger partial charge is 0.127 e. The monoisotopic (exact) mass is 282 g/mol. The van der Waals surface area contributed by atoms with Crippen molar-refractivity contribution in [3.63, 3.8) is 0 Å². The Morgan fingerprint density at radius 3 is 2.86 bits per heavy atom. The van der Waals surface area contributed by atoms with E-state index in [0.29, 0.717) is 0 Å². The summed E-state index contributed by atoms with van der Waals surface area (Å²) in [6.07, 6.45) is 2.81. The van der Waals surface area contributed by atoms with Crippen LogP contribution in [0.1, 0.15) is 43.6 Å². The van der Waals surface area contributed by atoms with Crippen LogP contribution in [0.2, 0.25) is 0 Å². The molecule has 0 spiro atoms. The van der Waals surface area contributed by atoms with Gasteiger partial charge in [-0.3, -0.25) is 4.98 Å². The minimum atomic E-state index is -0.0922. The first kappa shape index (κ1) is 14.1. The van der Waals surface area contributed by atoms with Crippen LogP contribution in [0.25, 0.3) is 0 Å². The Hall–Kier alpha value is -1.87. The fraction of sp³-hybridized carbons (Fsp3) is 0.389. The van der Waals surface area contributed by atoms with Crippen molar-refractivity contribution in [2.75, 3.05) is 0 Å². The van der Waals surface area contributed by atoms with E-state index in [2.05, 4.69) is 49.3 Å². The van der Waals surface area contributed by atoms with Crippen molar-refractivity contribution in [2.24, 2.45) is 0 Å². The van der Waals surface area contributed by atoms with Crippen LogP contribution >= 0.6 is 0 Å². The zero-order valence-electron chi connectivity index (χ0n) is 12.9. The molecule has 1 aliphatic heterocycles. The molecule has 110 valence electrons. The van der Waals surface area contributed by atoms with E-state index in [1.54, 1.807) is 0 Å². The standard InChI is InChI=1S/C18H22N2O/c1-13(16-9-4-5-10-19-16)20-12-15-8-6-7-14-11-18(2,3)21-17(14)15/h4-10,13,20H,11-12H2,1-3H3/t13-/m0/s1. The number of nitrogens with one attached hydrogen (secondary N) is 1. The maximum absolute atomic E-state index is 6.11. The summed E-state index contributed by atoms with van der Waals surface area (Å²) in [4.78, 5) is 4.39. The quantitative estimate of drug-likeness (QED) is 0.929. The van der Waals surface area contributed by atoms with Gasteiger partial charge in [-0.2, -0.15) is 0 Å². The third kappa shape index (κ3) is 3.08. The molecular weight excluding hydrogens is 260 g/mol. The summed E-state index contributed by atoms with van der Waals surface area (Å²) in [5.74, 6) is 1.06. The van der Waals surface area contributed by atoms with Crippen LogP contribution in [0.4, 0.5) is 0 Å². The molecule has 1 aromatic carbocycles. The van der Waals surface area contributed by atoms with Gasteiger partial charge < -0.3 is 10.1 Å². The summed E-state index contributed by atoms with van der Waals surface area (Å²) in [6, 6.07) is 12.6. The van der Waals surface area contributed by atoms with E-state index in [4.69, 9.17) is 4.74 Å². The van der Waals surface area contributed by atoms with E-state index in [0.717, 1.165) is 24.4 Å². The van der Waals surface area contributed by atoms with Gasteiger partial charge in [-0.25, -0.2) is 0 Å². The van der Waals surface area contributed by atoms with Gasteiger partial charge >= 0.3 is 0 Å². The number of hydrogen-bond acceptors (Lipinski definition) is 3. The first-order valence-corrected chi connectivity index (χ1v) is 7.49. The Morgan fingerprint density at radius 1 is 1.24 bits per heavy atom. The van der Waals surface area contributed by atoms with Crippen molar-refractivity contribution >= 4 is 0 Å². The third-order valence-corrected chi connectivity index (χ3v) is 3.90. The number of fused-ring (bicyclic) bond motifs is 1. The van der Waals surface area contributed by atoms with Crippen LogP contribution in [0.15, 0.2) is 42.6 Å². The van der Waals surface area contributed by atoms with Crippen molar-refractivity contribution in [3.8, 4) is 5.75 Å². The first-order valence-electron chi connectivity index (χ1n) is 7.49. The Balaban J connectivity index is 1.72. The molecule has 0 saturated carbocycles. The van der Waals surface area contributed by atoms with E-state index in [1.807, 2.05) is 24.4 Å². The average molecular weight is 282 g/mol. The fourth-order valence-electron chi connectivity index (χ4n) is 2.82. The van der Waals surface area contributed by atoms with Crippen LogP contribution in [0.3, 0.4) is 0 Å². The molecular formula is C18H22N2O. The number of hydrogen-bond donors (Lipinski definition) is 1. The molecule has 2 aromatic rings. The van der Waals surface area contributed by atoms with Gasteiger partial charge in [0.2, 0.25) is 0 Å². The number of para-hydroxylation sites is 1. The number of nitrogens with zero attached hydrogens (tertiary/aromatic N) is 1. The van der Waals surface area contributed by atoms with E-state index in [1.165, 1.54) is 11.1 Å². The second-order valence-electron chi connectivity index (χ2n) is 6.30. The molecule has 21 heavy (non-hydrogen) atoms. The summed E-state index contributed by atoms with van der Waals surface area (Å²) >= 11 is 0. The van der Waals surface area contributed by atoms with Crippen molar-refractivity contribution < 1.29 is 4.74 Å². The number of aromatic nitrogens is 1. The Morgan fingerprint density at radius 2 is 2.10 bits per heavy atom. The Bertz CT molecular complexity index is 622. The number of rotatable bonds is 4. The van der Waals surface area contributed by atoms with Gasteiger partial charge in [0.05, 0.1) is 5.69 Å². The molecule has 0 amide bonds. The predicted octanol–water partition coefficient (Wildman–Crippen LogP) is 3.65. The highest BCUT2D eigenvalue weighted by molar-refractivity contribution is 5.45. The highest BCUT2D eigenvalue weighted by atomic mass is 16.5. The van der Waals surface area contributed by atoms with Crippen LogP contribution in [0.5, 0.6) is 5.75 Å². The van der Waals surface area contributed by atoms with Gasteiger partial charge in [-0.05, 0) is 38.5 Å². The number of benzene rings is 1. The summed E-state index contributed by atoms with van der Waals surface area (Å²) in [7, 11) is 0. The lowest BCUT2D eigenvalue weighted by atomic mass is 10.0. The second-order valence-corrected chi connectivity index (χ2v) is 6.30. The zero-order valence-corrected chi connectivity index (χ0v) is 12.9. The normalized spacial score (nSPS) is 17.1. The maximum Gasteiger partial charge on any atom is 0.127 e. The van der Waals surface area contributed by atoms with Gasteiger partial charge in [0.25, 0.3) is 0 Å². The van der Waals surface area contributed by atoms with Crippen molar-refractivity contribution in [1.29, 1.82) is 0 Å². The summed E-state index contributed by atoms with van der Waals surface area (Å²) in [5, 5.41) is 3.53. The van der Waals surface area contributed by atoms with Crippen molar-refractivity contribution in [3.05, 3.63) is 59.4 Å². The van der Waals surface area contributed by atoms with Gasteiger partial charge in [-0.15, -0.1) is 0 Å². The van der Waals surface area contributed by atoms with Crippen molar-refractivity contribution in [1.82, 2.24) is 10.3 Å². The highest BCUT2D eigenvalue weighted by Gasteiger charge is 2.31. The van der Waals surface area contributed by atoms with E-state index in [-0.39, 0.29) is 11.6 Å². The minimum Gasteiger partial charge on any atom is -0.487 e. The fourth-order valence-corrected chi connectivity index (χ4v) is 2.82. The predicted molar refractivity (Wildman–Crippen MR) is 84.3 cm³/mol. The topological polar surface area (TPSA) is 34.1 Å². The molecule has 0 saturated heterocycles. The molecule has 0 aliphatic carbocycles. The number of pyridine rings is 1. The summed E-state index contributed by atoms with van der Waals surface area (Å²) < 4.78 is 6.11. The zero-order chi connectivity index (χ0) is 14.9. The Labute approximate surface area is 126 Å². The largest absolute Gasteiger partial charge is 0.487 e. The van der Waals surface area contributed by atoms with Crippen LogP contribution in [-0.2, 0) is 13.0 Å². The van der Waals surface area contributed by atoms with E-state index < -0.39 is 0 Å². The van der Waals surface area contributed by atoms with Gasteiger partial charge in [-0.1, -0.05) is 24.3 Å². The van der Waals surface area contributed by atoms with Gasteiger partial charge in [0.15, 0.2) is 0 Å². The van der Waals surface area contributed by atoms with Crippen LogP contribution < -0.4 is 10.1 Å². The maximum atomic E-state index is 6.11. The third-order valence-electron chi connectivity index (χ3n) is 3.90. The summed E-state index contributed by atoms with van der Waals surface area (Å²) in [6.45, 7) is 7.20. The van der Waals surface area contributed by atoms with Crippen LogP contribution in [0, 0.1) is 0 Å². The van der Waals surface area contributed by atoms with E-state index in [9.17, 15) is 0 Å². The molecule has 0 fully saturated rings. The molecule has 1 aliphatic rings. The van der Waals surface area contributed by atoms with E-state index >= 15 is 0 Å². The molecule has 3 heteroatoms. The highest BCUT2D eigenvalue weighted by Crippen LogP contribution is 2.37. The van der Waals surface area contributed by atoms with Gasteiger partial charge in [0.1, 0.15) is 11.4 Å². The molecule has 1 aromatic heterocycles. The first-order chi connectivity index (χ1) is 10.1. The second kappa shape index (κ2) is 5.49. The molecule has 0 unspecified atom stereocenters. The minimum absolute atomic E-state index is 0.0922. The molecule has 3 nitrogen and oxygen atoms in total. The van der Waals surface area contributed by atoms with Gasteiger partial charge in [0, 0.05) is 30.8 Å². The molecule has 1 atom stereocenters. The number of ether oxygens (including phenoxy) is 1. The summed E-state index contributed by atoms with van der Waals surface area (Å²) in [5.41, 5.74) is 3.50. The molecule has 2 heterocycles. The molecule has 0 radical (unpaired) electrons. The van der Waals surface area contributed by atoms with Crippen molar-refractivity contribution in [2.45, 2.75) is 45.4 Å². The lowest BCUT2D eigenvalue weighted by Crippen LogP contribution is -2.25. The molecule has 1 N–H and O–H groups in total. The molecule has 3 rings (SSSR count). The molecule has 0 bridgehead atoms. The lowest BCUT2D eigenvalue weighted by Gasteiger charge is -2.19. The SMILES string of the molecule is C[C@H](NCc1cccc2c1OC(C)(C)C2)c1ccccn1. The van der Waals surface area contributed by atoms with Crippen LogP contribution in [-0.4, -0.2) is 10.6 Å². The Kier molecular flexibility index (Phi) is 3.68. The average Bonchev–Trinajstić information content (AvgIpc) is 2.80. The lowest BCUT2D eigenvalue weighted by molar-refractivity contribution is 0.137.